The predicted octanol–water partition coefficient (Wildman–Crippen LogP) is 2.44. The third-order valence-electron chi connectivity index (χ3n) is 4.30. The number of nitrogens with one attached hydrogen (secondary N) is 1. The second kappa shape index (κ2) is 7.99. The molecule has 0 spiro atoms. The van der Waals surface area contributed by atoms with Gasteiger partial charge in [0.15, 0.2) is 0 Å². The lowest BCUT2D eigenvalue weighted by molar-refractivity contribution is -0.117. The van der Waals surface area contributed by atoms with E-state index in [-0.39, 0.29) is 17.3 Å². The van der Waals surface area contributed by atoms with E-state index >= 15 is 0 Å². The van der Waals surface area contributed by atoms with Crippen molar-refractivity contribution in [2.45, 2.75) is 30.9 Å². The molecular formula is C19H22N2O4S. The number of hydrogen-bond donors (Lipinski definition) is 1. The van der Waals surface area contributed by atoms with E-state index in [0.717, 1.165) is 23.2 Å². The molecule has 0 saturated carbocycles. The molecule has 1 amide bonds. The van der Waals surface area contributed by atoms with Crippen LogP contribution in [-0.4, -0.2) is 28.0 Å². The molecule has 3 rings (SSSR count). The Morgan fingerprint density at radius 2 is 1.85 bits per heavy atom. The van der Waals surface area contributed by atoms with E-state index in [2.05, 4.69) is 4.72 Å². The zero-order valence-electron chi connectivity index (χ0n) is 14.6. The van der Waals surface area contributed by atoms with Gasteiger partial charge in [-0.1, -0.05) is 24.3 Å². The molecule has 0 aliphatic carbocycles. The summed E-state index contributed by atoms with van der Waals surface area (Å²) >= 11 is 0. The first-order valence-corrected chi connectivity index (χ1v) is 9.95. The standard InChI is InChI=1S/C19H22N2O4S/c1-25-14-16-5-2-4-15(12-16)13-20-26(23,24)18-9-7-17(8-10-18)21-11-3-6-19(21)22/h2,4-5,7-10,12,20H,3,6,11,13-14H2,1H3. The smallest absolute Gasteiger partial charge is 0.240 e. The van der Waals surface area contributed by atoms with Crippen LogP contribution in [0.1, 0.15) is 24.0 Å². The van der Waals surface area contributed by atoms with Crippen molar-refractivity contribution in [1.82, 2.24) is 4.72 Å². The van der Waals surface area contributed by atoms with Gasteiger partial charge in [-0.25, -0.2) is 13.1 Å². The summed E-state index contributed by atoms with van der Waals surface area (Å²) in [6.07, 6.45) is 1.38. The summed E-state index contributed by atoms with van der Waals surface area (Å²) in [5.74, 6) is 0.0784. The second-order valence-corrected chi connectivity index (χ2v) is 7.99. The fourth-order valence-corrected chi connectivity index (χ4v) is 4.00. The van der Waals surface area contributed by atoms with Gasteiger partial charge in [0, 0.05) is 32.3 Å². The van der Waals surface area contributed by atoms with Crippen LogP contribution in [0.5, 0.6) is 0 Å². The molecule has 1 aliphatic heterocycles. The minimum absolute atomic E-state index is 0.0784. The Kier molecular flexibility index (Phi) is 5.70. The molecule has 0 radical (unpaired) electrons. The normalized spacial score (nSPS) is 14.8. The summed E-state index contributed by atoms with van der Waals surface area (Å²) in [6.45, 7) is 1.37. The van der Waals surface area contributed by atoms with Gasteiger partial charge in [-0.05, 0) is 41.8 Å². The fraction of sp³-hybridized carbons (Fsp3) is 0.316. The Labute approximate surface area is 153 Å². The summed E-state index contributed by atoms with van der Waals surface area (Å²) in [7, 11) is -2.00. The average molecular weight is 374 g/mol. The second-order valence-electron chi connectivity index (χ2n) is 6.22. The molecule has 2 aromatic rings. The number of benzene rings is 2. The van der Waals surface area contributed by atoms with Crippen molar-refractivity contribution in [3.8, 4) is 0 Å². The number of nitrogens with zero attached hydrogens (tertiary/aromatic N) is 1. The van der Waals surface area contributed by atoms with Crippen molar-refractivity contribution in [3.63, 3.8) is 0 Å². The van der Waals surface area contributed by atoms with E-state index in [0.29, 0.717) is 19.6 Å². The number of carbonyl (C=O) groups excluding carboxylic acids is 1. The van der Waals surface area contributed by atoms with Gasteiger partial charge in [0.25, 0.3) is 0 Å². The minimum atomic E-state index is -3.62. The molecular weight excluding hydrogens is 352 g/mol. The van der Waals surface area contributed by atoms with Gasteiger partial charge in [-0.15, -0.1) is 0 Å². The van der Waals surface area contributed by atoms with Crippen LogP contribution in [0, 0.1) is 0 Å². The molecule has 26 heavy (non-hydrogen) atoms. The van der Waals surface area contributed by atoms with Crippen LogP contribution in [0.15, 0.2) is 53.4 Å². The van der Waals surface area contributed by atoms with Crippen LogP contribution in [0.25, 0.3) is 0 Å². The lowest BCUT2D eigenvalue weighted by atomic mass is 10.1. The van der Waals surface area contributed by atoms with Crippen LogP contribution in [0.3, 0.4) is 0 Å². The van der Waals surface area contributed by atoms with Crippen LogP contribution in [0.4, 0.5) is 5.69 Å². The van der Waals surface area contributed by atoms with E-state index < -0.39 is 10.0 Å². The predicted molar refractivity (Wildman–Crippen MR) is 99.2 cm³/mol. The summed E-state index contributed by atoms with van der Waals surface area (Å²) in [5.41, 5.74) is 2.59. The highest BCUT2D eigenvalue weighted by Gasteiger charge is 2.22. The Morgan fingerprint density at radius 3 is 2.50 bits per heavy atom. The average Bonchev–Trinajstić information content (AvgIpc) is 3.07. The number of rotatable bonds is 7. The number of methoxy groups -OCH3 is 1. The van der Waals surface area contributed by atoms with Gasteiger partial charge in [-0.2, -0.15) is 0 Å². The van der Waals surface area contributed by atoms with Crippen LogP contribution >= 0.6 is 0 Å². The first-order valence-electron chi connectivity index (χ1n) is 8.46. The van der Waals surface area contributed by atoms with E-state index in [9.17, 15) is 13.2 Å². The van der Waals surface area contributed by atoms with Crippen LogP contribution < -0.4 is 9.62 Å². The van der Waals surface area contributed by atoms with E-state index in [1.54, 1.807) is 24.1 Å². The Bertz CT molecular complexity index is 879. The monoisotopic (exact) mass is 374 g/mol. The Hall–Kier alpha value is -2.22. The lowest BCUT2D eigenvalue weighted by Gasteiger charge is -2.16. The molecule has 0 bridgehead atoms. The molecule has 1 saturated heterocycles. The summed E-state index contributed by atoms with van der Waals surface area (Å²) in [5, 5.41) is 0. The number of anilines is 1. The molecule has 0 unspecified atom stereocenters. The quantitative estimate of drug-likeness (QED) is 0.808. The Morgan fingerprint density at radius 1 is 1.12 bits per heavy atom. The molecule has 0 atom stereocenters. The first kappa shape index (κ1) is 18.6. The van der Waals surface area contributed by atoms with Crippen molar-refractivity contribution in [2.24, 2.45) is 0 Å². The van der Waals surface area contributed by atoms with Gasteiger partial charge in [-0.3, -0.25) is 4.79 Å². The van der Waals surface area contributed by atoms with Gasteiger partial charge < -0.3 is 9.64 Å². The van der Waals surface area contributed by atoms with Gasteiger partial charge in [0.1, 0.15) is 0 Å². The molecule has 1 N–H and O–H groups in total. The number of ether oxygens (including phenoxy) is 1. The highest BCUT2D eigenvalue weighted by Crippen LogP contribution is 2.23. The molecule has 1 fully saturated rings. The number of carbonyl (C=O) groups is 1. The summed E-state index contributed by atoms with van der Waals surface area (Å²) in [4.78, 5) is 13.6. The summed E-state index contributed by atoms with van der Waals surface area (Å²) in [6, 6.07) is 14.0. The number of amides is 1. The highest BCUT2D eigenvalue weighted by atomic mass is 32.2. The maximum atomic E-state index is 12.5. The van der Waals surface area contributed by atoms with Crippen molar-refractivity contribution < 1.29 is 17.9 Å². The van der Waals surface area contributed by atoms with Gasteiger partial charge in [0.2, 0.25) is 15.9 Å². The minimum Gasteiger partial charge on any atom is -0.380 e. The molecule has 2 aromatic carbocycles. The molecule has 1 aliphatic rings. The zero-order chi connectivity index (χ0) is 18.6. The van der Waals surface area contributed by atoms with Crippen molar-refractivity contribution >= 4 is 21.6 Å². The zero-order valence-corrected chi connectivity index (χ0v) is 15.5. The van der Waals surface area contributed by atoms with Gasteiger partial charge in [0.05, 0.1) is 11.5 Å². The maximum Gasteiger partial charge on any atom is 0.240 e. The van der Waals surface area contributed by atoms with Crippen molar-refractivity contribution in [2.75, 3.05) is 18.6 Å². The molecule has 138 valence electrons. The topological polar surface area (TPSA) is 75.7 Å². The molecule has 1 heterocycles. The van der Waals surface area contributed by atoms with Gasteiger partial charge >= 0.3 is 0 Å². The SMILES string of the molecule is COCc1cccc(CNS(=O)(=O)c2ccc(N3CCCC3=O)cc2)c1. The molecule has 7 heteroatoms. The largest absolute Gasteiger partial charge is 0.380 e. The first-order chi connectivity index (χ1) is 12.5. The third kappa shape index (κ3) is 4.30. The third-order valence-corrected chi connectivity index (χ3v) is 5.72. The highest BCUT2D eigenvalue weighted by molar-refractivity contribution is 7.89. The number of hydrogen-bond acceptors (Lipinski definition) is 4. The van der Waals surface area contributed by atoms with Crippen molar-refractivity contribution in [1.29, 1.82) is 0 Å². The molecule has 0 aromatic heterocycles. The molecule has 6 nitrogen and oxygen atoms in total. The number of sulfonamides is 1. The lowest BCUT2D eigenvalue weighted by Crippen LogP contribution is -2.25. The Balaban J connectivity index is 1.68. The van der Waals surface area contributed by atoms with E-state index in [1.165, 1.54) is 12.1 Å². The van der Waals surface area contributed by atoms with Crippen molar-refractivity contribution in [3.05, 3.63) is 59.7 Å². The van der Waals surface area contributed by atoms with E-state index in [4.69, 9.17) is 4.74 Å². The van der Waals surface area contributed by atoms with Crippen LogP contribution in [0.2, 0.25) is 0 Å². The van der Waals surface area contributed by atoms with Crippen LogP contribution in [-0.2, 0) is 32.7 Å². The summed E-state index contributed by atoms with van der Waals surface area (Å²) < 4.78 is 32.7. The van der Waals surface area contributed by atoms with E-state index in [1.807, 2.05) is 24.3 Å². The fourth-order valence-electron chi connectivity index (χ4n) is 2.98. The maximum absolute atomic E-state index is 12.5.